The zero-order valence-corrected chi connectivity index (χ0v) is 18.1. The van der Waals surface area contributed by atoms with Crippen LogP contribution in [0, 0.1) is 0 Å². The molecule has 0 fully saturated rings. The van der Waals surface area contributed by atoms with Crippen LogP contribution in [-0.4, -0.2) is 49.6 Å². The first-order chi connectivity index (χ1) is 13.0. The van der Waals surface area contributed by atoms with Crippen LogP contribution in [0.5, 0.6) is 0 Å². The van der Waals surface area contributed by atoms with Gasteiger partial charge in [-0.05, 0) is 53.8 Å². The number of carbonyl (C=O) groups excluding carboxylic acids is 1. The van der Waals surface area contributed by atoms with E-state index in [9.17, 15) is 14.1 Å². The lowest BCUT2D eigenvalue weighted by Gasteiger charge is -2.18. The minimum Gasteiger partial charge on any atom is -0.391 e. The van der Waals surface area contributed by atoms with Crippen molar-refractivity contribution in [1.29, 1.82) is 0 Å². The maximum atomic E-state index is 11.8. The molecular formula is C17H23BrN6O3S. The molecule has 1 aromatic heterocycles. The van der Waals surface area contributed by atoms with Gasteiger partial charge in [-0.2, -0.15) is 4.98 Å². The van der Waals surface area contributed by atoms with E-state index in [1.807, 2.05) is 6.92 Å². The quantitative estimate of drug-likeness (QED) is 0.393. The van der Waals surface area contributed by atoms with Crippen LogP contribution >= 0.6 is 15.9 Å². The Hall–Kier alpha value is -2.37. The number of aromatic nitrogens is 2. The van der Waals surface area contributed by atoms with Gasteiger partial charge in [0.05, 0.1) is 16.6 Å². The second kappa shape index (κ2) is 9.22. The number of nitrogens with zero attached hydrogens (tertiary/aromatic N) is 2. The number of nitrogens with one attached hydrogen (secondary N) is 4. The third kappa shape index (κ3) is 6.98. The van der Waals surface area contributed by atoms with E-state index in [1.54, 1.807) is 37.4 Å². The lowest BCUT2D eigenvalue weighted by Crippen LogP contribution is -2.33. The van der Waals surface area contributed by atoms with Crippen molar-refractivity contribution >= 4 is 60.7 Å². The van der Waals surface area contributed by atoms with Gasteiger partial charge in [0.15, 0.2) is 0 Å². The van der Waals surface area contributed by atoms with E-state index < -0.39 is 21.8 Å². The van der Waals surface area contributed by atoms with Gasteiger partial charge in [0, 0.05) is 33.5 Å². The molecule has 2 rings (SSSR count). The lowest BCUT2D eigenvalue weighted by atomic mass is 10.2. The van der Waals surface area contributed by atoms with Crippen molar-refractivity contribution in [3.05, 3.63) is 34.9 Å². The zero-order valence-electron chi connectivity index (χ0n) is 15.7. The largest absolute Gasteiger partial charge is 0.391 e. The first kappa shape index (κ1) is 21.9. The summed E-state index contributed by atoms with van der Waals surface area (Å²) in [6.07, 6.45) is 2.37. The number of urea groups is 1. The third-order valence-electron chi connectivity index (χ3n) is 3.52. The average Bonchev–Trinajstić information content (AvgIpc) is 2.56. The number of aliphatic hydroxyl groups excluding tert-OH is 1. The van der Waals surface area contributed by atoms with Crippen LogP contribution in [0.2, 0.25) is 0 Å². The SMILES string of the molecule is C=S(C)(=O)NC(=O)Nc1cccc(Nc2ncc(Br)c(N[C@H](C)[C@@H](C)O)n2)c1. The second-order valence-electron chi connectivity index (χ2n) is 6.33. The second-order valence-corrected chi connectivity index (χ2v) is 9.40. The van der Waals surface area contributed by atoms with Crippen LogP contribution < -0.4 is 20.7 Å². The summed E-state index contributed by atoms with van der Waals surface area (Å²) in [6.45, 7) is 3.53. The molecule has 5 N–H and O–H groups in total. The monoisotopic (exact) mass is 470 g/mol. The molecule has 28 heavy (non-hydrogen) atoms. The predicted octanol–water partition coefficient (Wildman–Crippen LogP) is 2.55. The number of rotatable bonds is 7. The van der Waals surface area contributed by atoms with E-state index in [0.717, 1.165) is 0 Å². The lowest BCUT2D eigenvalue weighted by molar-refractivity contribution is 0.177. The Morgan fingerprint density at radius 2 is 2.00 bits per heavy atom. The van der Waals surface area contributed by atoms with Crippen LogP contribution in [-0.2, 0) is 9.71 Å². The molecule has 0 aliphatic carbocycles. The Kier molecular flexibility index (Phi) is 7.22. The van der Waals surface area contributed by atoms with Crippen LogP contribution in [0.25, 0.3) is 0 Å². The van der Waals surface area contributed by atoms with Crippen molar-refractivity contribution in [3.8, 4) is 0 Å². The predicted molar refractivity (Wildman–Crippen MR) is 118 cm³/mol. The Balaban J connectivity index is 2.12. The zero-order chi connectivity index (χ0) is 20.9. The molecule has 0 saturated carbocycles. The fourth-order valence-electron chi connectivity index (χ4n) is 2.02. The molecule has 9 nitrogen and oxygen atoms in total. The minimum atomic E-state index is -2.65. The minimum absolute atomic E-state index is 0.202. The van der Waals surface area contributed by atoms with Crippen molar-refractivity contribution in [2.75, 3.05) is 22.2 Å². The first-order valence-electron chi connectivity index (χ1n) is 8.28. The Morgan fingerprint density at radius 1 is 1.32 bits per heavy atom. The molecule has 0 aliphatic rings. The fourth-order valence-corrected chi connectivity index (χ4v) is 2.77. The van der Waals surface area contributed by atoms with Crippen LogP contribution in [0.15, 0.2) is 34.9 Å². The number of hydrogen-bond acceptors (Lipinski definition) is 7. The summed E-state index contributed by atoms with van der Waals surface area (Å²) in [6, 6.07) is 6.07. The summed E-state index contributed by atoms with van der Waals surface area (Å²) in [5.41, 5.74) is 1.13. The van der Waals surface area contributed by atoms with E-state index in [-0.39, 0.29) is 6.04 Å². The molecule has 2 aromatic rings. The highest BCUT2D eigenvalue weighted by atomic mass is 79.9. The van der Waals surface area contributed by atoms with Crippen LogP contribution in [0.3, 0.4) is 0 Å². The standard InChI is InChI=1S/C17H23BrN6O3S/c1-10(11(2)25)20-15-14(18)9-19-16(23-15)21-12-6-5-7-13(8-12)22-17(26)24-28(3,4)27/h5-11,25H,3H2,1-2,4H3,(H2,19,20,21,23)(H2,22,24,26,27)/t10-,11-,28?/m1/s1. The maximum Gasteiger partial charge on any atom is 0.330 e. The summed E-state index contributed by atoms with van der Waals surface area (Å²) in [5.74, 6) is 4.24. The van der Waals surface area contributed by atoms with E-state index >= 15 is 0 Å². The molecule has 152 valence electrons. The number of benzene rings is 1. The van der Waals surface area contributed by atoms with Crippen molar-refractivity contribution in [2.45, 2.75) is 26.0 Å². The van der Waals surface area contributed by atoms with E-state index in [1.165, 1.54) is 6.26 Å². The molecule has 0 spiro atoms. The topological polar surface area (TPSA) is 128 Å². The number of anilines is 4. The molecule has 11 heteroatoms. The molecule has 2 amide bonds. The van der Waals surface area contributed by atoms with E-state index in [2.05, 4.69) is 52.4 Å². The van der Waals surface area contributed by atoms with Crippen molar-refractivity contribution in [3.63, 3.8) is 0 Å². The molecule has 0 radical (unpaired) electrons. The van der Waals surface area contributed by atoms with E-state index in [4.69, 9.17) is 0 Å². The highest BCUT2D eigenvalue weighted by molar-refractivity contribution is 9.10. The van der Waals surface area contributed by atoms with Crippen molar-refractivity contribution in [2.24, 2.45) is 0 Å². The van der Waals surface area contributed by atoms with Crippen molar-refractivity contribution < 1.29 is 14.1 Å². The molecule has 1 unspecified atom stereocenters. The number of amides is 2. The Labute approximate surface area is 172 Å². The van der Waals surface area contributed by atoms with Gasteiger partial charge >= 0.3 is 6.03 Å². The number of hydrogen-bond donors (Lipinski definition) is 5. The first-order valence-corrected chi connectivity index (χ1v) is 11.2. The van der Waals surface area contributed by atoms with Gasteiger partial charge in [-0.3, -0.25) is 4.72 Å². The number of carbonyl (C=O) groups is 1. The smallest absolute Gasteiger partial charge is 0.330 e. The summed E-state index contributed by atoms with van der Waals surface area (Å²) in [7, 11) is -2.65. The fraction of sp³-hybridized carbons (Fsp3) is 0.294. The van der Waals surface area contributed by atoms with Gasteiger partial charge in [-0.25, -0.2) is 14.0 Å². The summed E-state index contributed by atoms with van der Waals surface area (Å²) in [5, 5.41) is 18.4. The van der Waals surface area contributed by atoms with Gasteiger partial charge in [0.1, 0.15) is 5.82 Å². The van der Waals surface area contributed by atoms with Crippen LogP contribution in [0.4, 0.5) is 27.9 Å². The van der Waals surface area contributed by atoms with Gasteiger partial charge in [-0.1, -0.05) is 6.07 Å². The number of halogens is 1. The van der Waals surface area contributed by atoms with Gasteiger partial charge in [0.25, 0.3) is 0 Å². The molecule has 0 aliphatic heterocycles. The summed E-state index contributed by atoms with van der Waals surface area (Å²) < 4.78 is 14.5. The van der Waals surface area contributed by atoms with Crippen LogP contribution in [0.1, 0.15) is 13.8 Å². The normalized spacial score (nSPS) is 15.0. The summed E-state index contributed by atoms with van der Waals surface area (Å²) in [4.78, 5) is 20.4. The van der Waals surface area contributed by atoms with Gasteiger partial charge < -0.3 is 21.1 Å². The average molecular weight is 471 g/mol. The molecule has 0 saturated heterocycles. The highest BCUT2D eigenvalue weighted by Gasteiger charge is 2.13. The van der Waals surface area contributed by atoms with Crippen molar-refractivity contribution in [1.82, 2.24) is 14.7 Å². The molecule has 1 aromatic carbocycles. The van der Waals surface area contributed by atoms with Gasteiger partial charge in [0.2, 0.25) is 5.95 Å². The Bertz CT molecular complexity index is 952. The third-order valence-corrected chi connectivity index (χ3v) is 4.71. The number of aliphatic hydroxyl groups is 1. The maximum absolute atomic E-state index is 11.8. The molecule has 1 heterocycles. The highest BCUT2D eigenvalue weighted by Crippen LogP contribution is 2.24. The molecule has 0 bridgehead atoms. The summed E-state index contributed by atoms with van der Waals surface area (Å²) >= 11 is 3.38. The Morgan fingerprint density at radius 3 is 2.64 bits per heavy atom. The van der Waals surface area contributed by atoms with E-state index in [0.29, 0.717) is 27.6 Å². The molecular weight excluding hydrogens is 448 g/mol. The molecule has 3 atom stereocenters. The van der Waals surface area contributed by atoms with Gasteiger partial charge in [-0.15, -0.1) is 0 Å².